The molecule has 0 bridgehead atoms. The van der Waals surface area contributed by atoms with Crippen LogP contribution >= 0.6 is 7.82 Å². The molecule has 0 aliphatic rings. The van der Waals surface area contributed by atoms with Gasteiger partial charge >= 0.3 is 11.9 Å². The summed E-state index contributed by atoms with van der Waals surface area (Å²) >= 11 is 0. The highest BCUT2D eigenvalue weighted by Gasteiger charge is 2.21. The van der Waals surface area contributed by atoms with Crippen molar-refractivity contribution in [2.24, 2.45) is 0 Å². The number of phosphoric acid groups is 1. The van der Waals surface area contributed by atoms with Gasteiger partial charge in [-0.2, -0.15) is 0 Å². The van der Waals surface area contributed by atoms with Gasteiger partial charge in [0.05, 0.1) is 27.7 Å². The van der Waals surface area contributed by atoms with Crippen LogP contribution in [0.2, 0.25) is 0 Å². The van der Waals surface area contributed by atoms with Gasteiger partial charge in [0, 0.05) is 12.8 Å². The first kappa shape index (κ1) is 51.2. The summed E-state index contributed by atoms with van der Waals surface area (Å²) < 4.78 is 33.8. The van der Waals surface area contributed by atoms with Crippen LogP contribution < -0.4 is 4.89 Å². The molecule has 0 spiro atoms. The molecule has 0 aromatic rings. The average Bonchev–Trinajstić information content (AvgIpc) is 3.10. The minimum Gasteiger partial charge on any atom is -0.756 e. The fraction of sp³-hybridized carbons (Fsp3) is 0.814. The molecule has 0 saturated heterocycles. The van der Waals surface area contributed by atoms with E-state index in [1.165, 1.54) is 64.2 Å². The SMILES string of the molecule is CCCCCC/C=C/C=C/CCCCCCCC(=O)O[C@H](COC(=O)CCCCCCC/C=C/CCCCCCC)COP(=O)([O-])OCC[N+](C)(C)C. The van der Waals surface area contributed by atoms with Crippen molar-refractivity contribution in [3.8, 4) is 0 Å². The van der Waals surface area contributed by atoms with E-state index in [0.717, 1.165) is 77.0 Å². The van der Waals surface area contributed by atoms with Crippen molar-refractivity contribution in [3.63, 3.8) is 0 Å². The Morgan fingerprint density at radius 2 is 1.02 bits per heavy atom. The van der Waals surface area contributed by atoms with Gasteiger partial charge in [0.1, 0.15) is 19.8 Å². The van der Waals surface area contributed by atoms with Crippen molar-refractivity contribution in [2.75, 3.05) is 47.5 Å². The molecule has 0 N–H and O–H groups in total. The van der Waals surface area contributed by atoms with Gasteiger partial charge in [-0.25, -0.2) is 0 Å². The Bertz CT molecular complexity index is 1010. The van der Waals surface area contributed by atoms with E-state index < -0.39 is 32.5 Å². The van der Waals surface area contributed by atoms with Crippen molar-refractivity contribution in [1.29, 1.82) is 0 Å². The van der Waals surface area contributed by atoms with E-state index in [2.05, 4.69) is 50.3 Å². The maximum atomic E-state index is 12.6. The van der Waals surface area contributed by atoms with Crippen molar-refractivity contribution >= 4 is 19.8 Å². The summed E-state index contributed by atoms with van der Waals surface area (Å²) in [6, 6.07) is 0. The summed E-state index contributed by atoms with van der Waals surface area (Å²) in [6.07, 6.45) is 38.8. The monoisotopic (exact) mass is 770 g/mol. The predicted molar refractivity (Wildman–Crippen MR) is 217 cm³/mol. The van der Waals surface area contributed by atoms with Gasteiger partial charge in [-0.3, -0.25) is 14.2 Å². The van der Waals surface area contributed by atoms with E-state index in [-0.39, 0.29) is 26.1 Å². The summed E-state index contributed by atoms with van der Waals surface area (Å²) in [5.74, 6) is -0.863. The summed E-state index contributed by atoms with van der Waals surface area (Å²) in [6.45, 7) is 4.16. The Hall–Kier alpha value is -1.77. The molecule has 0 radical (unpaired) electrons. The van der Waals surface area contributed by atoms with E-state index in [9.17, 15) is 19.0 Å². The van der Waals surface area contributed by atoms with Gasteiger partial charge in [-0.05, 0) is 64.2 Å². The third-order valence-corrected chi connectivity index (χ3v) is 9.87. The van der Waals surface area contributed by atoms with Crippen molar-refractivity contribution in [3.05, 3.63) is 36.5 Å². The van der Waals surface area contributed by atoms with Crippen LogP contribution in [-0.4, -0.2) is 70.0 Å². The summed E-state index contributed by atoms with van der Waals surface area (Å²) in [5.41, 5.74) is 0. The quantitative estimate of drug-likeness (QED) is 0.0152. The van der Waals surface area contributed by atoms with Crippen LogP contribution in [0.4, 0.5) is 0 Å². The van der Waals surface area contributed by atoms with E-state index >= 15 is 0 Å². The average molecular weight is 770 g/mol. The van der Waals surface area contributed by atoms with Crippen molar-refractivity contribution < 1.29 is 42.1 Å². The molecule has 10 heteroatoms. The standard InChI is InChI=1S/C43H80NO8P/c1-6-8-10-12-14-16-18-20-22-24-26-28-30-32-34-36-43(46)52-41(40-51-53(47,48)50-38-37-44(3,4)5)39-49-42(45)35-33-31-29-27-25-23-21-19-17-15-13-11-9-7-2/h16,18-22,41H,6-15,17,23-40H2,1-5H3/b18-16+,21-19+,22-20+/t41-/m1/s1. The number of rotatable bonds is 38. The first-order valence-corrected chi connectivity index (χ1v) is 22.7. The fourth-order valence-corrected chi connectivity index (χ4v) is 6.25. The van der Waals surface area contributed by atoms with Gasteiger partial charge in [-0.15, -0.1) is 0 Å². The lowest BCUT2D eigenvalue weighted by Gasteiger charge is -2.28. The molecule has 0 rings (SSSR count). The van der Waals surface area contributed by atoms with Crippen LogP contribution in [0.15, 0.2) is 36.5 Å². The zero-order valence-electron chi connectivity index (χ0n) is 34.7. The van der Waals surface area contributed by atoms with Crippen LogP contribution in [0, 0.1) is 0 Å². The van der Waals surface area contributed by atoms with Gasteiger partial charge in [0.25, 0.3) is 7.82 Å². The van der Waals surface area contributed by atoms with Gasteiger partial charge in [-0.1, -0.05) is 134 Å². The highest BCUT2D eigenvalue weighted by atomic mass is 31.2. The zero-order valence-corrected chi connectivity index (χ0v) is 35.6. The van der Waals surface area contributed by atoms with E-state index in [1.807, 2.05) is 21.1 Å². The van der Waals surface area contributed by atoms with Gasteiger partial charge in [0.15, 0.2) is 6.10 Å². The number of unbranched alkanes of at least 4 members (excludes halogenated alkanes) is 19. The molecule has 0 aliphatic heterocycles. The predicted octanol–water partition coefficient (Wildman–Crippen LogP) is 11.1. The second kappa shape index (κ2) is 35.9. The lowest BCUT2D eigenvalue weighted by atomic mass is 10.1. The number of hydrogen-bond acceptors (Lipinski definition) is 8. The van der Waals surface area contributed by atoms with Crippen molar-refractivity contribution in [2.45, 2.75) is 180 Å². The van der Waals surface area contributed by atoms with Crippen LogP contribution in [-0.2, 0) is 32.7 Å². The number of nitrogens with zero attached hydrogens (tertiary/aromatic N) is 1. The third-order valence-electron chi connectivity index (χ3n) is 8.91. The van der Waals surface area contributed by atoms with E-state index in [1.54, 1.807) is 0 Å². The molecular formula is C43H80NO8P. The number of phosphoric ester groups is 1. The molecule has 0 aliphatic carbocycles. The number of quaternary nitrogens is 1. The van der Waals surface area contributed by atoms with E-state index in [0.29, 0.717) is 17.4 Å². The second-order valence-corrected chi connectivity index (χ2v) is 16.8. The number of carbonyl (C=O) groups is 2. The Balaban J connectivity index is 4.43. The molecule has 2 atom stereocenters. The largest absolute Gasteiger partial charge is 0.756 e. The summed E-state index contributed by atoms with van der Waals surface area (Å²) in [7, 11) is 1.15. The van der Waals surface area contributed by atoms with E-state index in [4.69, 9.17) is 18.5 Å². The minimum atomic E-state index is -4.63. The smallest absolute Gasteiger partial charge is 0.306 e. The summed E-state index contributed by atoms with van der Waals surface area (Å²) in [4.78, 5) is 37.4. The Morgan fingerprint density at radius 1 is 0.585 bits per heavy atom. The Labute approximate surface area is 325 Å². The highest BCUT2D eigenvalue weighted by Crippen LogP contribution is 2.38. The van der Waals surface area contributed by atoms with Gasteiger partial charge in [0.2, 0.25) is 0 Å². The van der Waals surface area contributed by atoms with Crippen LogP contribution in [0.1, 0.15) is 174 Å². The molecule has 0 heterocycles. The molecule has 310 valence electrons. The molecule has 0 aromatic heterocycles. The lowest BCUT2D eigenvalue weighted by molar-refractivity contribution is -0.870. The molecule has 0 saturated carbocycles. The molecule has 53 heavy (non-hydrogen) atoms. The number of hydrogen-bond donors (Lipinski definition) is 0. The molecule has 0 aromatic carbocycles. The van der Waals surface area contributed by atoms with Crippen LogP contribution in [0.3, 0.4) is 0 Å². The number of ether oxygens (including phenoxy) is 2. The minimum absolute atomic E-state index is 0.0356. The highest BCUT2D eigenvalue weighted by molar-refractivity contribution is 7.45. The molecule has 9 nitrogen and oxygen atoms in total. The maximum Gasteiger partial charge on any atom is 0.306 e. The number of likely N-dealkylation sites (N-methyl/N-ethyl adjacent to an activating group) is 1. The second-order valence-electron chi connectivity index (χ2n) is 15.4. The maximum absolute atomic E-state index is 12.6. The summed E-state index contributed by atoms with van der Waals surface area (Å²) in [5, 5.41) is 0. The van der Waals surface area contributed by atoms with Crippen LogP contribution in [0.5, 0.6) is 0 Å². The molecular weight excluding hydrogens is 689 g/mol. The first-order chi connectivity index (χ1) is 25.5. The Morgan fingerprint density at radius 3 is 1.53 bits per heavy atom. The third kappa shape index (κ3) is 39.7. The number of carbonyl (C=O) groups excluding carboxylic acids is 2. The normalized spacial score (nSPS) is 14.0. The number of esters is 2. The van der Waals surface area contributed by atoms with Gasteiger partial charge < -0.3 is 27.9 Å². The molecule has 1 unspecified atom stereocenters. The first-order valence-electron chi connectivity index (χ1n) is 21.2. The number of allylic oxidation sites excluding steroid dienone is 6. The Kier molecular flexibility index (Phi) is 34.7. The van der Waals surface area contributed by atoms with Crippen molar-refractivity contribution in [1.82, 2.24) is 0 Å². The fourth-order valence-electron chi connectivity index (χ4n) is 5.52. The molecule has 0 amide bonds. The lowest BCUT2D eigenvalue weighted by Crippen LogP contribution is -2.37. The zero-order chi connectivity index (χ0) is 39.3. The topological polar surface area (TPSA) is 111 Å². The van der Waals surface area contributed by atoms with Crippen LogP contribution in [0.25, 0.3) is 0 Å². The molecule has 0 fully saturated rings.